The highest BCUT2D eigenvalue weighted by molar-refractivity contribution is 7.92. The predicted molar refractivity (Wildman–Crippen MR) is 93.1 cm³/mol. The van der Waals surface area contributed by atoms with Crippen LogP contribution in [0, 0.1) is 17.1 Å². The third kappa shape index (κ3) is 3.28. The summed E-state index contributed by atoms with van der Waals surface area (Å²) in [5.74, 6) is -2.26. The maximum atomic E-state index is 15.0. The standard InChI is InChI=1S/C17H16FN3O4S/c18-16-13-8-11(4-2-1-3-7-19)5-6-12(13)9-14(22)17(16)21-10-15(23)20-26(21,24)25/h5-6,8-9,22H,1-4,10H2,(H,20,23). The Morgan fingerprint density at radius 2 is 2.08 bits per heavy atom. The van der Waals surface area contributed by atoms with Gasteiger partial charge in [-0.3, -0.25) is 4.79 Å². The molecule has 1 amide bonds. The molecule has 3 rings (SSSR count). The number of aryl methyl sites for hydroxylation is 1. The number of rotatable bonds is 5. The molecule has 2 aromatic carbocycles. The molecule has 0 spiro atoms. The Labute approximate surface area is 149 Å². The zero-order valence-electron chi connectivity index (χ0n) is 13.7. The first kappa shape index (κ1) is 17.9. The Kier molecular flexibility index (Phi) is 4.70. The zero-order valence-corrected chi connectivity index (χ0v) is 14.5. The van der Waals surface area contributed by atoms with Crippen LogP contribution in [0.5, 0.6) is 5.75 Å². The number of benzene rings is 2. The Morgan fingerprint density at radius 1 is 1.31 bits per heavy atom. The fraction of sp³-hybridized carbons (Fsp3) is 0.294. The number of anilines is 1. The van der Waals surface area contributed by atoms with Crippen LogP contribution in [0.2, 0.25) is 0 Å². The van der Waals surface area contributed by atoms with Crippen LogP contribution in [0.4, 0.5) is 10.1 Å². The first-order valence-electron chi connectivity index (χ1n) is 7.98. The average molecular weight is 377 g/mol. The van der Waals surface area contributed by atoms with Gasteiger partial charge in [0.15, 0.2) is 5.82 Å². The van der Waals surface area contributed by atoms with Gasteiger partial charge in [-0.15, -0.1) is 0 Å². The number of nitrogens with zero attached hydrogens (tertiary/aromatic N) is 2. The highest BCUT2D eigenvalue weighted by Gasteiger charge is 2.37. The van der Waals surface area contributed by atoms with Gasteiger partial charge in [-0.1, -0.05) is 12.1 Å². The maximum absolute atomic E-state index is 15.0. The fourth-order valence-electron chi connectivity index (χ4n) is 2.95. The zero-order chi connectivity index (χ0) is 18.9. The van der Waals surface area contributed by atoms with Crippen LogP contribution in [-0.4, -0.2) is 26.0 Å². The Bertz CT molecular complexity index is 1030. The molecule has 1 fully saturated rings. The van der Waals surface area contributed by atoms with Gasteiger partial charge in [-0.05, 0) is 42.3 Å². The summed E-state index contributed by atoms with van der Waals surface area (Å²) in [6, 6.07) is 8.37. The number of carbonyl (C=O) groups excluding carboxylic acids is 1. The number of amides is 1. The molecule has 9 heteroatoms. The summed E-state index contributed by atoms with van der Waals surface area (Å²) in [5.41, 5.74) is 0.293. The van der Waals surface area contributed by atoms with Crippen LogP contribution in [0.25, 0.3) is 10.8 Å². The topological polar surface area (TPSA) is 110 Å². The molecule has 0 atom stereocenters. The van der Waals surface area contributed by atoms with Crippen molar-refractivity contribution in [1.29, 1.82) is 5.26 Å². The van der Waals surface area contributed by atoms with E-state index in [2.05, 4.69) is 6.07 Å². The summed E-state index contributed by atoms with van der Waals surface area (Å²) < 4.78 is 41.3. The van der Waals surface area contributed by atoms with Gasteiger partial charge in [0.1, 0.15) is 18.0 Å². The van der Waals surface area contributed by atoms with Crippen LogP contribution in [-0.2, 0) is 21.4 Å². The van der Waals surface area contributed by atoms with Crippen LogP contribution < -0.4 is 9.03 Å². The molecule has 2 aromatic rings. The number of unbranched alkanes of at least 4 members (excludes halogenated alkanes) is 2. The van der Waals surface area contributed by atoms with Crippen molar-refractivity contribution in [2.24, 2.45) is 0 Å². The van der Waals surface area contributed by atoms with E-state index in [9.17, 15) is 18.3 Å². The summed E-state index contributed by atoms with van der Waals surface area (Å²) in [6.07, 6.45) is 2.60. The number of phenolic OH excluding ortho intramolecular Hbond substituents is 1. The molecule has 1 saturated heterocycles. The monoisotopic (exact) mass is 377 g/mol. The summed E-state index contributed by atoms with van der Waals surface area (Å²) in [4.78, 5) is 11.4. The lowest BCUT2D eigenvalue weighted by atomic mass is 10.0. The van der Waals surface area contributed by atoms with Gasteiger partial charge in [-0.25, -0.2) is 13.4 Å². The molecule has 0 bridgehead atoms. The smallest absolute Gasteiger partial charge is 0.326 e. The van der Waals surface area contributed by atoms with Gasteiger partial charge < -0.3 is 5.11 Å². The third-order valence-corrected chi connectivity index (χ3v) is 5.55. The molecule has 0 aromatic heterocycles. The Balaban J connectivity index is 2.03. The second-order valence-corrected chi connectivity index (χ2v) is 7.61. The number of nitrogens with one attached hydrogen (secondary N) is 1. The van der Waals surface area contributed by atoms with E-state index in [0.29, 0.717) is 22.5 Å². The molecule has 1 aliphatic heterocycles. The maximum Gasteiger partial charge on any atom is 0.326 e. The van der Waals surface area contributed by atoms with E-state index in [0.717, 1.165) is 18.4 Å². The van der Waals surface area contributed by atoms with Crippen molar-refractivity contribution in [1.82, 2.24) is 4.72 Å². The summed E-state index contributed by atoms with van der Waals surface area (Å²) >= 11 is 0. The number of nitriles is 1. The fourth-order valence-corrected chi connectivity index (χ4v) is 4.11. The highest BCUT2D eigenvalue weighted by atomic mass is 32.2. The SMILES string of the molecule is N#CCCCCc1ccc2cc(O)c(N3CC(=O)NS3(=O)=O)c(F)c2c1. The summed E-state index contributed by atoms with van der Waals surface area (Å²) in [5, 5.41) is 19.3. The average Bonchev–Trinajstić information content (AvgIpc) is 2.84. The van der Waals surface area contributed by atoms with E-state index < -0.39 is 39.9 Å². The van der Waals surface area contributed by atoms with Crippen molar-refractivity contribution in [3.05, 3.63) is 35.6 Å². The van der Waals surface area contributed by atoms with Crippen molar-refractivity contribution in [2.75, 3.05) is 10.8 Å². The quantitative estimate of drug-likeness (QED) is 0.776. The third-order valence-electron chi connectivity index (χ3n) is 4.17. The van der Waals surface area contributed by atoms with Gasteiger partial charge >= 0.3 is 10.2 Å². The van der Waals surface area contributed by atoms with Gasteiger partial charge in [0.25, 0.3) is 5.91 Å². The predicted octanol–water partition coefficient (Wildman–Crippen LogP) is 2.10. The van der Waals surface area contributed by atoms with E-state index in [1.165, 1.54) is 6.07 Å². The Hall–Kier alpha value is -2.86. The number of carbonyl (C=O) groups is 1. The minimum atomic E-state index is -4.23. The molecule has 2 N–H and O–H groups in total. The lowest BCUT2D eigenvalue weighted by Crippen LogP contribution is -2.30. The van der Waals surface area contributed by atoms with Crippen LogP contribution in [0.1, 0.15) is 24.8 Å². The molecule has 0 aliphatic carbocycles. The molecule has 0 radical (unpaired) electrons. The van der Waals surface area contributed by atoms with Crippen molar-refractivity contribution in [3.63, 3.8) is 0 Å². The number of fused-ring (bicyclic) bond motifs is 1. The molecular formula is C17H16FN3O4S. The van der Waals surface area contributed by atoms with Crippen molar-refractivity contribution in [3.8, 4) is 11.8 Å². The van der Waals surface area contributed by atoms with Gasteiger partial charge in [0.2, 0.25) is 0 Å². The van der Waals surface area contributed by atoms with E-state index in [4.69, 9.17) is 5.26 Å². The number of phenols is 1. The van der Waals surface area contributed by atoms with Gasteiger partial charge in [0.05, 0.1) is 6.07 Å². The normalized spacial score (nSPS) is 15.8. The first-order valence-corrected chi connectivity index (χ1v) is 9.42. The number of hydrogen-bond donors (Lipinski definition) is 2. The van der Waals surface area contributed by atoms with Crippen LogP contribution in [0.3, 0.4) is 0 Å². The van der Waals surface area contributed by atoms with Crippen molar-refractivity contribution < 1.29 is 22.7 Å². The molecule has 1 aliphatic rings. The number of halogens is 1. The summed E-state index contributed by atoms with van der Waals surface area (Å²) in [7, 11) is -4.23. The molecule has 0 unspecified atom stereocenters. The van der Waals surface area contributed by atoms with E-state index in [1.54, 1.807) is 22.9 Å². The minimum Gasteiger partial charge on any atom is -0.506 e. The second kappa shape index (κ2) is 6.80. The first-order chi connectivity index (χ1) is 12.3. The Morgan fingerprint density at radius 3 is 2.73 bits per heavy atom. The molecule has 136 valence electrons. The van der Waals surface area contributed by atoms with Crippen molar-refractivity contribution >= 4 is 32.6 Å². The van der Waals surface area contributed by atoms with Crippen LogP contribution >= 0.6 is 0 Å². The van der Waals surface area contributed by atoms with E-state index in [-0.39, 0.29) is 5.39 Å². The highest BCUT2D eigenvalue weighted by Crippen LogP contribution is 2.38. The molecule has 1 heterocycles. The second-order valence-electron chi connectivity index (χ2n) is 6.02. The largest absolute Gasteiger partial charge is 0.506 e. The number of aromatic hydroxyl groups is 1. The molecular weight excluding hydrogens is 361 g/mol. The summed E-state index contributed by atoms with van der Waals surface area (Å²) in [6.45, 7) is -0.591. The lowest BCUT2D eigenvalue weighted by molar-refractivity contribution is -0.117. The molecule has 7 nitrogen and oxygen atoms in total. The minimum absolute atomic E-state index is 0.158. The molecule has 0 saturated carbocycles. The van der Waals surface area contributed by atoms with Crippen LogP contribution in [0.15, 0.2) is 24.3 Å². The lowest BCUT2D eigenvalue weighted by Gasteiger charge is -2.18. The number of hydrogen-bond acceptors (Lipinski definition) is 5. The van der Waals surface area contributed by atoms with Crippen molar-refractivity contribution in [2.45, 2.75) is 25.7 Å². The van der Waals surface area contributed by atoms with Gasteiger partial charge in [-0.2, -0.15) is 13.7 Å². The van der Waals surface area contributed by atoms with E-state index in [1.807, 2.05) is 0 Å². The van der Waals surface area contributed by atoms with Gasteiger partial charge in [0, 0.05) is 11.8 Å². The molecule has 26 heavy (non-hydrogen) atoms. The van der Waals surface area contributed by atoms with E-state index >= 15 is 4.39 Å².